The SMILES string of the molecule is CCCN1CCN(C(=O)c2nc(C)oc2C)c2cc(F)ccc21. The first-order chi connectivity index (χ1) is 11.0. The van der Waals surface area contributed by atoms with Gasteiger partial charge in [-0.2, -0.15) is 0 Å². The number of carbonyl (C=O) groups excluding carboxylic acids is 1. The number of nitrogens with zero attached hydrogens (tertiary/aromatic N) is 3. The van der Waals surface area contributed by atoms with Gasteiger partial charge in [0.1, 0.15) is 11.6 Å². The van der Waals surface area contributed by atoms with Gasteiger partial charge in [-0.25, -0.2) is 9.37 Å². The minimum atomic E-state index is -0.354. The third-order valence-electron chi connectivity index (χ3n) is 4.01. The minimum absolute atomic E-state index is 0.248. The molecule has 0 spiro atoms. The van der Waals surface area contributed by atoms with E-state index < -0.39 is 0 Å². The molecule has 0 bridgehead atoms. The van der Waals surface area contributed by atoms with E-state index in [1.807, 2.05) is 0 Å². The van der Waals surface area contributed by atoms with Crippen LogP contribution < -0.4 is 9.80 Å². The fraction of sp³-hybridized carbons (Fsp3) is 0.412. The van der Waals surface area contributed by atoms with Gasteiger partial charge in [0.2, 0.25) is 0 Å². The fourth-order valence-corrected chi connectivity index (χ4v) is 3.01. The van der Waals surface area contributed by atoms with Crippen molar-refractivity contribution in [3.05, 3.63) is 41.4 Å². The van der Waals surface area contributed by atoms with Gasteiger partial charge in [-0.3, -0.25) is 4.79 Å². The molecule has 0 saturated heterocycles. The normalized spacial score (nSPS) is 14.1. The first-order valence-electron chi connectivity index (χ1n) is 7.81. The van der Waals surface area contributed by atoms with Crippen molar-refractivity contribution in [3.8, 4) is 0 Å². The Hall–Kier alpha value is -2.37. The molecule has 0 saturated carbocycles. The van der Waals surface area contributed by atoms with E-state index in [0.29, 0.717) is 36.1 Å². The van der Waals surface area contributed by atoms with Crippen LogP contribution in [0, 0.1) is 19.7 Å². The van der Waals surface area contributed by atoms with Crippen LogP contribution in [0.15, 0.2) is 22.6 Å². The Kier molecular flexibility index (Phi) is 4.07. The van der Waals surface area contributed by atoms with Crippen molar-refractivity contribution >= 4 is 17.3 Å². The third-order valence-corrected chi connectivity index (χ3v) is 4.01. The quantitative estimate of drug-likeness (QED) is 0.871. The van der Waals surface area contributed by atoms with Gasteiger partial charge in [-0.1, -0.05) is 6.92 Å². The number of halogens is 1. The van der Waals surface area contributed by atoms with E-state index in [2.05, 4.69) is 16.8 Å². The van der Waals surface area contributed by atoms with Gasteiger partial charge >= 0.3 is 0 Å². The molecule has 0 N–H and O–H groups in total. The molecule has 3 rings (SSSR count). The van der Waals surface area contributed by atoms with Gasteiger partial charge < -0.3 is 14.2 Å². The molecule has 1 aliphatic rings. The highest BCUT2D eigenvalue weighted by molar-refractivity contribution is 6.07. The summed E-state index contributed by atoms with van der Waals surface area (Å²) in [5.74, 6) is 0.340. The maximum Gasteiger partial charge on any atom is 0.280 e. The summed E-state index contributed by atoms with van der Waals surface area (Å²) in [5.41, 5.74) is 1.77. The number of fused-ring (bicyclic) bond motifs is 1. The highest BCUT2D eigenvalue weighted by atomic mass is 19.1. The van der Waals surface area contributed by atoms with Crippen molar-refractivity contribution in [3.63, 3.8) is 0 Å². The Morgan fingerprint density at radius 2 is 2.09 bits per heavy atom. The second-order valence-electron chi connectivity index (χ2n) is 5.71. The Morgan fingerprint density at radius 3 is 2.74 bits per heavy atom. The van der Waals surface area contributed by atoms with E-state index in [4.69, 9.17) is 4.42 Å². The summed E-state index contributed by atoms with van der Waals surface area (Å²) < 4.78 is 19.1. The number of oxazole rings is 1. The lowest BCUT2D eigenvalue weighted by Gasteiger charge is -2.37. The minimum Gasteiger partial charge on any atom is -0.445 e. The summed E-state index contributed by atoms with van der Waals surface area (Å²) in [4.78, 5) is 20.8. The highest BCUT2D eigenvalue weighted by Crippen LogP contribution is 2.35. The molecule has 0 radical (unpaired) electrons. The van der Waals surface area contributed by atoms with E-state index in [9.17, 15) is 9.18 Å². The predicted octanol–water partition coefficient (Wildman–Crippen LogP) is 3.31. The fourth-order valence-electron chi connectivity index (χ4n) is 3.01. The Labute approximate surface area is 134 Å². The molecule has 5 nitrogen and oxygen atoms in total. The van der Waals surface area contributed by atoms with Crippen molar-refractivity contribution in [2.75, 3.05) is 29.4 Å². The van der Waals surface area contributed by atoms with Crippen molar-refractivity contribution in [1.29, 1.82) is 0 Å². The van der Waals surface area contributed by atoms with Crippen molar-refractivity contribution in [2.45, 2.75) is 27.2 Å². The number of rotatable bonds is 3. The second kappa shape index (κ2) is 6.02. The molecule has 1 aromatic carbocycles. The first kappa shape index (κ1) is 15.5. The Morgan fingerprint density at radius 1 is 1.30 bits per heavy atom. The number of carbonyl (C=O) groups is 1. The molecule has 0 unspecified atom stereocenters. The molecular weight excluding hydrogens is 297 g/mol. The molecular formula is C17H20FN3O2. The van der Waals surface area contributed by atoms with Crippen molar-refractivity contribution in [2.24, 2.45) is 0 Å². The Bertz CT molecular complexity index is 741. The zero-order chi connectivity index (χ0) is 16.6. The standard InChI is InChI=1S/C17H20FN3O2/c1-4-7-20-8-9-21(15-10-13(18)5-6-14(15)20)17(22)16-11(2)23-12(3)19-16/h5-6,10H,4,7-9H2,1-3H3. The molecule has 2 heterocycles. The average Bonchev–Trinajstić information content (AvgIpc) is 2.85. The molecule has 23 heavy (non-hydrogen) atoms. The lowest BCUT2D eigenvalue weighted by molar-refractivity contribution is 0.0981. The zero-order valence-electron chi connectivity index (χ0n) is 13.6. The largest absolute Gasteiger partial charge is 0.445 e. The number of hydrogen-bond donors (Lipinski definition) is 0. The molecule has 122 valence electrons. The summed E-state index contributed by atoms with van der Waals surface area (Å²) in [7, 11) is 0. The van der Waals surface area contributed by atoms with Gasteiger partial charge in [0.25, 0.3) is 5.91 Å². The molecule has 6 heteroatoms. The maximum atomic E-state index is 13.7. The Balaban J connectivity index is 2.01. The van der Waals surface area contributed by atoms with Crippen LogP contribution in [-0.2, 0) is 0 Å². The molecule has 2 aromatic rings. The lowest BCUT2D eigenvalue weighted by atomic mass is 10.1. The summed E-state index contributed by atoms with van der Waals surface area (Å²) in [6, 6.07) is 4.58. The summed E-state index contributed by atoms with van der Waals surface area (Å²) >= 11 is 0. The van der Waals surface area contributed by atoms with Crippen LogP contribution in [0.2, 0.25) is 0 Å². The molecule has 0 aliphatic carbocycles. The lowest BCUT2D eigenvalue weighted by Crippen LogP contribution is -2.44. The van der Waals surface area contributed by atoms with Crippen LogP contribution in [0.1, 0.15) is 35.5 Å². The summed E-state index contributed by atoms with van der Waals surface area (Å²) in [6.45, 7) is 7.61. The molecule has 0 atom stereocenters. The maximum absolute atomic E-state index is 13.7. The number of aryl methyl sites for hydroxylation is 2. The predicted molar refractivity (Wildman–Crippen MR) is 86.6 cm³/mol. The third kappa shape index (κ3) is 2.81. The zero-order valence-corrected chi connectivity index (χ0v) is 13.6. The van der Waals surface area contributed by atoms with Gasteiger partial charge in [-0.05, 0) is 31.5 Å². The number of hydrogen-bond acceptors (Lipinski definition) is 4. The van der Waals surface area contributed by atoms with Gasteiger partial charge in [0.15, 0.2) is 11.6 Å². The van der Waals surface area contributed by atoms with Crippen molar-refractivity contribution < 1.29 is 13.6 Å². The number of anilines is 2. The smallest absolute Gasteiger partial charge is 0.280 e. The monoisotopic (exact) mass is 317 g/mol. The van der Waals surface area contributed by atoms with Crippen LogP contribution in [0.3, 0.4) is 0 Å². The van der Waals surface area contributed by atoms with Crippen LogP contribution in [-0.4, -0.2) is 30.5 Å². The topological polar surface area (TPSA) is 49.6 Å². The van der Waals surface area contributed by atoms with Crippen molar-refractivity contribution in [1.82, 2.24) is 4.98 Å². The van der Waals surface area contributed by atoms with Crippen LogP contribution in [0.25, 0.3) is 0 Å². The summed E-state index contributed by atoms with van der Waals surface area (Å²) in [6.07, 6.45) is 0.992. The number of amides is 1. The first-order valence-corrected chi connectivity index (χ1v) is 7.81. The molecule has 1 aliphatic heterocycles. The van der Waals surface area contributed by atoms with Crippen LogP contribution >= 0.6 is 0 Å². The van der Waals surface area contributed by atoms with Gasteiger partial charge in [-0.15, -0.1) is 0 Å². The molecule has 1 amide bonds. The van der Waals surface area contributed by atoms with E-state index in [1.165, 1.54) is 12.1 Å². The number of aromatic nitrogens is 1. The van der Waals surface area contributed by atoms with E-state index in [1.54, 1.807) is 24.8 Å². The van der Waals surface area contributed by atoms with Crippen LogP contribution in [0.4, 0.5) is 15.8 Å². The van der Waals surface area contributed by atoms with E-state index in [0.717, 1.165) is 18.7 Å². The summed E-state index contributed by atoms with van der Waals surface area (Å²) in [5, 5.41) is 0. The molecule has 0 fully saturated rings. The second-order valence-corrected chi connectivity index (χ2v) is 5.71. The van der Waals surface area contributed by atoms with Gasteiger partial charge in [0.05, 0.1) is 11.4 Å². The molecule has 1 aromatic heterocycles. The number of benzene rings is 1. The van der Waals surface area contributed by atoms with Crippen LogP contribution in [0.5, 0.6) is 0 Å². The highest BCUT2D eigenvalue weighted by Gasteiger charge is 2.30. The van der Waals surface area contributed by atoms with E-state index >= 15 is 0 Å². The van der Waals surface area contributed by atoms with E-state index in [-0.39, 0.29) is 11.7 Å². The van der Waals surface area contributed by atoms with Gasteiger partial charge in [0, 0.05) is 26.6 Å². The average molecular weight is 317 g/mol.